The van der Waals surface area contributed by atoms with Gasteiger partial charge in [-0.2, -0.15) is 0 Å². The molecule has 5 nitrogen and oxygen atoms in total. The van der Waals surface area contributed by atoms with Crippen LogP contribution in [0.2, 0.25) is 0 Å². The number of hydrogen-bond acceptors (Lipinski definition) is 5. The van der Waals surface area contributed by atoms with E-state index in [0.717, 1.165) is 33.3 Å². The van der Waals surface area contributed by atoms with Crippen molar-refractivity contribution in [2.75, 3.05) is 12.4 Å². The SMILES string of the molecule is CNC(=O)c1cc(C)c(-c2cccc(Nc3cc(C)ccn3)n2)s1. The van der Waals surface area contributed by atoms with Gasteiger partial charge in [0.05, 0.1) is 15.4 Å². The van der Waals surface area contributed by atoms with Gasteiger partial charge in [0.25, 0.3) is 5.91 Å². The van der Waals surface area contributed by atoms with Crippen LogP contribution in [0.15, 0.2) is 42.6 Å². The minimum atomic E-state index is -0.0763. The summed E-state index contributed by atoms with van der Waals surface area (Å²) < 4.78 is 0. The van der Waals surface area contributed by atoms with Gasteiger partial charge in [0.15, 0.2) is 0 Å². The second kappa shape index (κ2) is 6.80. The largest absolute Gasteiger partial charge is 0.354 e. The van der Waals surface area contributed by atoms with Crippen LogP contribution in [0.1, 0.15) is 20.8 Å². The number of amides is 1. The van der Waals surface area contributed by atoms with Gasteiger partial charge in [-0.3, -0.25) is 4.79 Å². The number of pyridine rings is 2. The summed E-state index contributed by atoms with van der Waals surface area (Å²) in [6.45, 7) is 4.01. The van der Waals surface area contributed by atoms with Crippen LogP contribution in [0.3, 0.4) is 0 Å². The van der Waals surface area contributed by atoms with E-state index in [4.69, 9.17) is 0 Å². The van der Waals surface area contributed by atoms with E-state index < -0.39 is 0 Å². The number of hydrogen-bond donors (Lipinski definition) is 2. The number of nitrogens with zero attached hydrogens (tertiary/aromatic N) is 2. The Morgan fingerprint density at radius 1 is 1.12 bits per heavy atom. The van der Waals surface area contributed by atoms with Crippen molar-refractivity contribution in [3.63, 3.8) is 0 Å². The molecule has 0 atom stereocenters. The molecule has 3 heterocycles. The lowest BCUT2D eigenvalue weighted by Crippen LogP contribution is -2.16. The molecule has 0 spiro atoms. The van der Waals surface area contributed by atoms with E-state index in [0.29, 0.717) is 4.88 Å². The predicted molar refractivity (Wildman–Crippen MR) is 97.9 cm³/mol. The van der Waals surface area contributed by atoms with Crippen molar-refractivity contribution in [3.8, 4) is 10.6 Å². The monoisotopic (exact) mass is 338 g/mol. The smallest absolute Gasteiger partial charge is 0.261 e. The number of anilines is 2. The second-order valence-corrected chi connectivity index (χ2v) is 6.51. The van der Waals surface area contributed by atoms with E-state index in [1.54, 1.807) is 13.2 Å². The van der Waals surface area contributed by atoms with E-state index in [9.17, 15) is 4.79 Å². The van der Waals surface area contributed by atoms with E-state index in [2.05, 4.69) is 20.6 Å². The van der Waals surface area contributed by atoms with Gasteiger partial charge in [0.2, 0.25) is 0 Å². The van der Waals surface area contributed by atoms with Crippen molar-refractivity contribution in [2.45, 2.75) is 13.8 Å². The Morgan fingerprint density at radius 2 is 1.96 bits per heavy atom. The van der Waals surface area contributed by atoms with Gasteiger partial charge in [0.1, 0.15) is 11.6 Å². The van der Waals surface area contributed by atoms with Gasteiger partial charge in [-0.15, -0.1) is 11.3 Å². The fraction of sp³-hybridized carbons (Fsp3) is 0.167. The summed E-state index contributed by atoms with van der Waals surface area (Å²) in [6, 6.07) is 11.6. The molecule has 0 aliphatic rings. The van der Waals surface area contributed by atoms with Crippen molar-refractivity contribution in [2.24, 2.45) is 0 Å². The number of aryl methyl sites for hydroxylation is 2. The molecule has 3 aromatic rings. The Balaban J connectivity index is 1.91. The Hall–Kier alpha value is -2.73. The Labute approximate surface area is 144 Å². The van der Waals surface area contributed by atoms with Crippen LogP contribution >= 0.6 is 11.3 Å². The van der Waals surface area contributed by atoms with Gasteiger partial charge < -0.3 is 10.6 Å². The highest BCUT2D eigenvalue weighted by Gasteiger charge is 2.14. The number of carbonyl (C=O) groups excluding carboxylic acids is 1. The molecule has 0 saturated heterocycles. The first-order valence-electron chi connectivity index (χ1n) is 7.56. The molecule has 0 fully saturated rings. The molecule has 0 aliphatic heterocycles. The maximum Gasteiger partial charge on any atom is 0.261 e. The molecule has 0 radical (unpaired) electrons. The van der Waals surface area contributed by atoms with Crippen LogP contribution in [0.25, 0.3) is 10.6 Å². The molecule has 2 N–H and O–H groups in total. The quantitative estimate of drug-likeness (QED) is 0.756. The summed E-state index contributed by atoms with van der Waals surface area (Å²) in [5, 5.41) is 5.87. The standard InChI is InChI=1S/C18H18N4OS/c1-11-7-8-20-16(9-11)22-15-6-4-5-13(21-15)17-12(2)10-14(24-17)18(23)19-3/h4-10H,1-3H3,(H,19,23)(H,20,21,22). The zero-order chi connectivity index (χ0) is 17.1. The minimum Gasteiger partial charge on any atom is -0.354 e. The average Bonchev–Trinajstić information content (AvgIpc) is 2.96. The molecular formula is C18H18N4OS. The third kappa shape index (κ3) is 3.44. The highest BCUT2D eigenvalue weighted by atomic mass is 32.1. The van der Waals surface area contributed by atoms with E-state index in [-0.39, 0.29) is 5.91 Å². The molecule has 0 aliphatic carbocycles. The maximum atomic E-state index is 11.8. The molecule has 3 rings (SSSR count). The zero-order valence-corrected chi connectivity index (χ0v) is 14.6. The van der Waals surface area contributed by atoms with Gasteiger partial charge in [-0.05, 0) is 55.3 Å². The van der Waals surface area contributed by atoms with Crippen LogP contribution in [-0.2, 0) is 0 Å². The molecule has 24 heavy (non-hydrogen) atoms. The second-order valence-electron chi connectivity index (χ2n) is 5.45. The Bertz CT molecular complexity index is 888. The van der Waals surface area contributed by atoms with Crippen molar-refractivity contribution < 1.29 is 4.79 Å². The normalized spacial score (nSPS) is 10.5. The lowest BCUT2D eigenvalue weighted by Gasteiger charge is -2.07. The lowest BCUT2D eigenvalue weighted by molar-refractivity contribution is 0.0967. The van der Waals surface area contributed by atoms with E-state index in [1.165, 1.54) is 11.3 Å². The van der Waals surface area contributed by atoms with Crippen LogP contribution in [-0.4, -0.2) is 22.9 Å². The van der Waals surface area contributed by atoms with E-state index >= 15 is 0 Å². The number of aromatic nitrogens is 2. The summed E-state index contributed by atoms with van der Waals surface area (Å²) in [7, 11) is 1.63. The number of thiophene rings is 1. The lowest BCUT2D eigenvalue weighted by atomic mass is 10.2. The molecule has 122 valence electrons. The van der Waals surface area contributed by atoms with Gasteiger partial charge in [0, 0.05) is 13.2 Å². The summed E-state index contributed by atoms with van der Waals surface area (Å²) in [5.41, 5.74) is 3.01. The topological polar surface area (TPSA) is 66.9 Å². The molecule has 3 aromatic heterocycles. The van der Waals surface area contributed by atoms with Crippen molar-refractivity contribution in [3.05, 3.63) is 58.6 Å². The third-order valence-electron chi connectivity index (χ3n) is 3.52. The van der Waals surface area contributed by atoms with Gasteiger partial charge in [-0.1, -0.05) is 6.07 Å². The van der Waals surface area contributed by atoms with Gasteiger partial charge in [-0.25, -0.2) is 9.97 Å². The highest BCUT2D eigenvalue weighted by molar-refractivity contribution is 7.17. The summed E-state index contributed by atoms with van der Waals surface area (Å²) in [5.74, 6) is 1.40. The summed E-state index contributed by atoms with van der Waals surface area (Å²) in [6.07, 6.45) is 1.76. The Kier molecular flexibility index (Phi) is 4.57. The third-order valence-corrected chi connectivity index (χ3v) is 4.78. The number of rotatable bonds is 4. The Morgan fingerprint density at radius 3 is 2.71 bits per heavy atom. The fourth-order valence-corrected chi connectivity index (χ4v) is 3.43. The molecule has 0 bridgehead atoms. The van der Waals surface area contributed by atoms with Crippen LogP contribution in [0.5, 0.6) is 0 Å². The first-order chi connectivity index (χ1) is 11.6. The highest BCUT2D eigenvalue weighted by Crippen LogP contribution is 2.32. The molecule has 6 heteroatoms. The molecule has 0 saturated carbocycles. The predicted octanol–water partition coefficient (Wildman–Crippen LogP) is 3.93. The number of nitrogens with one attached hydrogen (secondary N) is 2. The molecule has 0 aromatic carbocycles. The first kappa shape index (κ1) is 16.1. The number of carbonyl (C=O) groups is 1. The van der Waals surface area contributed by atoms with E-state index in [1.807, 2.05) is 50.2 Å². The van der Waals surface area contributed by atoms with Crippen LogP contribution in [0, 0.1) is 13.8 Å². The summed E-state index contributed by atoms with van der Waals surface area (Å²) >= 11 is 1.44. The summed E-state index contributed by atoms with van der Waals surface area (Å²) in [4.78, 5) is 22.4. The fourth-order valence-electron chi connectivity index (χ4n) is 2.34. The van der Waals surface area contributed by atoms with Gasteiger partial charge >= 0.3 is 0 Å². The average molecular weight is 338 g/mol. The van der Waals surface area contributed by atoms with Crippen molar-refractivity contribution >= 4 is 28.9 Å². The van der Waals surface area contributed by atoms with Crippen molar-refractivity contribution in [1.82, 2.24) is 15.3 Å². The van der Waals surface area contributed by atoms with Crippen molar-refractivity contribution in [1.29, 1.82) is 0 Å². The molecular weight excluding hydrogens is 320 g/mol. The maximum absolute atomic E-state index is 11.8. The molecule has 0 unspecified atom stereocenters. The zero-order valence-electron chi connectivity index (χ0n) is 13.8. The first-order valence-corrected chi connectivity index (χ1v) is 8.38. The molecule has 1 amide bonds. The minimum absolute atomic E-state index is 0.0763. The van der Waals surface area contributed by atoms with Crippen LogP contribution < -0.4 is 10.6 Å². The van der Waals surface area contributed by atoms with Crippen LogP contribution in [0.4, 0.5) is 11.6 Å².